The molecule has 0 unspecified atom stereocenters. The number of rotatable bonds is 4. The monoisotopic (exact) mass is 894 g/mol. The van der Waals surface area contributed by atoms with Crippen LogP contribution in [0.15, 0.2) is 235 Å². The number of hydrogen-bond acceptors (Lipinski definition) is 3. The van der Waals surface area contributed by atoms with Crippen LogP contribution in [0.1, 0.15) is 22.3 Å². The first-order valence-corrected chi connectivity index (χ1v) is 24.6. The van der Waals surface area contributed by atoms with Crippen molar-refractivity contribution in [3.8, 4) is 27.9 Å². The molecule has 0 saturated carbocycles. The Bertz CT molecular complexity index is 4480. The van der Waals surface area contributed by atoms with Crippen molar-refractivity contribution in [2.45, 2.75) is 5.41 Å². The third-order valence-corrected chi connectivity index (χ3v) is 16.5. The van der Waals surface area contributed by atoms with Crippen LogP contribution in [-0.2, 0) is 5.41 Å². The minimum absolute atomic E-state index is 0.466. The van der Waals surface area contributed by atoms with Crippen LogP contribution in [0.4, 0.5) is 17.1 Å². The molecule has 0 fully saturated rings. The zero-order chi connectivity index (χ0) is 45.0. The predicted octanol–water partition coefficient (Wildman–Crippen LogP) is 18.0. The lowest BCUT2D eigenvalue weighted by Gasteiger charge is -2.32. The molecule has 1 spiro atoms. The van der Waals surface area contributed by atoms with E-state index >= 15 is 0 Å². The van der Waals surface area contributed by atoms with E-state index in [9.17, 15) is 0 Å². The fraction of sp³-hybridized carbons (Fsp3) is 0.0154. The summed E-state index contributed by atoms with van der Waals surface area (Å²) in [4.78, 5) is 2.52. The molecule has 16 rings (SSSR count). The Labute approximate surface area is 401 Å². The molecular weight excluding hydrogens is 857 g/mol. The highest BCUT2D eigenvalue weighted by atomic mass is 32.1. The third-order valence-electron chi connectivity index (χ3n) is 15.4. The van der Waals surface area contributed by atoms with Crippen molar-refractivity contribution < 1.29 is 4.42 Å². The second-order valence-electron chi connectivity index (χ2n) is 18.7. The maximum atomic E-state index is 6.61. The van der Waals surface area contributed by atoms with Gasteiger partial charge in [0.25, 0.3) is 0 Å². The molecule has 0 radical (unpaired) electrons. The van der Waals surface area contributed by atoms with Crippen molar-refractivity contribution in [3.63, 3.8) is 0 Å². The van der Waals surface area contributed by atoms with Crippen LogP contribution in [0.5, 0.6) is 0 Å². The summed E-state index contributed by atoms with van der Waals surface area (Å²) < 4.78 is 11.7. The maximum Gasteiger partial charge on any atom is 0.137 e. The summed E-state index contributed by atoms with van der Waals surface area (Å²) in [6, 6.07) is 85.8. The van der Waals surface area contributed by atoms with E-state index in [0.717, 1.165) is 55.7 Å². The molecule has 0 atom stereocenters. The van der Waals surface area contributed by atoms with Gasteiger partial charge in [-0.25, -0.2) is 0 Å². The molecule has 69 heavy (non-hydrogen) atoms. The van der Waals surface area contributed by atoms with Gasteiger partial charge >= 0.3 is 0 Å². The Balaban J connectivity index is 1.00. The Morgan fingerprint density at radius 2 is 1.01 bits per heavy atom. The number of thiophene rings is 1. The lowest BCUT2D eigenvalue weighted by Crippen LogP contribution is -2.26. The van der Waals surface area contributed by atoms with Gasteiger partial charge in [0.1, 0.15) is 11.2 Å². The van der Waals surface area contributed by atoms with Crippen molar-refractivity contribution in [3.05, 3.63) is 253 Å². The quantitative estimate of drug-likeness (QED) is 0.176. The molecule has 3 nitrogen and oxygen atoms in total. The van der Waals surface area contributed by atoms with Gasteiger partial charge in [0.2, 0.25) is 0 Å². The van der Waals surface area contributed by atoms with Crippen molar-refractivity contribution in [2.75, 3.05) is 4.90 Å². The molecule has 14 aromatic rings. The highest BCUT2D eigenvalue weighted by Gasteiger charge is 2.52. The van der Waals surface area contributed by atoms with Crippen LogP contribution in [0.3, 0.4) is 0 Å². The van der Waals surface area contributed by atoms with Gasteiger partial charge < -0.3 is 13.9 Å². The molecule has 2 aliphatic rings. The van der Waals surface area contributed by atoms with Crippen LogP contribution in [0.2, 0.25) is 0 Å². The summed E-state index contributed by atoms with van der Waals surface area (Å²) in [5.41, 5.74) is 18.5. The minimum atomic E-state index is -0.466. The summed E-state index contributed by atoms with van der Waals surface area (Å²) in [6.45, 7) is 0. The standard InChI is InChI=1S/C65H38N2OS/c1-2-15-40-34-41(29-28-39(40)14-1)66(57-25-13-24-56-64(57)49-20-5-10-23-55(49)65(56)53-21-8-3-16-44(53)45-17-4-9-22-54(45)65)43-30-32-46-50-37-51-47-18-6-11-26-60(47)68-61(51)38-59(50)67(58(46)36-43)42-31-33-63-52(35-42)48-19-7-12-27-62(48)69-63/h1-38H. The zero-order valence-corrected chi connectivity index (χ0v) is 38.0. The third kappa shape index (κ3) is 4.95. The van der Waals surface area contributed by atoms with Crippen LogP contribution >= 0.6 is 11.3 Å². The number of fused-ring (bicyclic) bond motifs is 20. The molecule has 2 aliphatic carbocycles. The predicted molar refractivity (Wildman–Crippen MR) is 289 cm³/mol. The number of hydrogen-bond donors (Lipinski definition) is 0. The average molecular weight is 895 g/mol. The Kier molecular flexibility index (Phi) is 7.42. The Morgan fingerprint density at radius 3 is 1.86 bits per heavy atom. The SMILES string of the molecule is c1ccc2c(c1)-c1ccccc1C21c2ccccc2-c2c(N(c3ccc4ccccc4c3)c3ccc4c5cc6c(cc5n(-c5ccc7sc8ccccc8c7c5)c4c3)oc3ccccc36)cccc21. The summed E-state index contributed by atoms with van der Waals surface area (Å²) in [6.07, 6.45) is 0. The number of benzene rings is 11. The smallest absolute Gasteiger partial charge is 0.137 e. The highest BCUT2D eigenvalue weighted by Crippen LogP contribution is 2.64. The lowest BCUT2D eigenvalue weighted by atomic mass is 9.70. The van der Waals surface area contributed by atoms with Gasteiger partial charge in [-0.3, -0.25) is 0 Å². The molecule has 3 heterocycles. The molecule has 0 saturated heterocycles. The Hall–Kier alpha value is -8.70. The number of furan rings is 1. The van der Waals surface area contributed by atoms with E-state index in [0.29, 0.717) is 0 Å². The van der Waals surface area contributed by atoms with Gasteiger partial charge in [0.15, 0.2) is 0 Å². The summed E-state index contributed by atoms with van der Waals surface area (Å²) in [5.74, 6) is 0. The van der Waals surface area contributed by atoms with E-state index in [4.69, 9.17) is 4.42 Å². The average Bonchev–Trinajstić information content (AvgIpc) is 4.20. The van der Waals surface area contributed by atoms with Gasteiger partial charge in [-0.1, -0.05) is 158 Å². The topological polar surface area (TPSA) is 21.3 Å². The molecule has 0 bridgehead atoms. The molecule has 0 aliphatic heterocycles. The number of aromatic nitrogens is 1. The molecule has 3 aromatic heterocycles. The van der Waals surface area contributed by atoms with Crippen LogP contribution in [0.25, 0.3) is 103 Å². The molecule has 11 aromatic carbocycles. The highest BCUT2D eigenvalue weighted by molar-refractivity contribution is 7.25. The first-order valence-electron chi connectivity index (χ1n) is 23.7. The Morgan fingerprint density at radius 1 is 0.377 bits per heavy atom. The number of nitrogens with zero attached hydrogens (tertiary/aromatic N) is 2. The summed E-state index contributed by atoms with van der Waals surface area (Å²) in [7, 11) is 0. The minimum Gasteiger partial charge on any atom is -0.456 e. The maximum absolute atomic E-state index is 6.61. The van der Waals surface area contributed by atoms with Crippen molar-refractivity contribution >= 4 is 103 Å². The second-order valence-corrected chi connectivity index (χ2v) is 19.8. The first kappa shape index (κ1) is 37.4. The van der Waals surface area contributed by atoms with E-state index in [2.05, 4.69) is 240 Å². The number of anilines is 3. The van der Waals surface area contributed by atoms with Gasteiger partial charge in [0.05, 0.1) is 22.1 Å². The molecular formula is C65H38N2OS. The number of para-hydroxylation sites is 1. The fourth-order valence-corrected chi connectivity index (χ4v) is 13.6. The first-order chi connectivity index (χ1) is 34.2. The molecule has 0 amide bonds. The van der Waals surface area contributed by atoms with Crippen LogP contribution < -0.4 is 4.90 Å². The van der Waals surface area contributed by atoms with Gasteiger partial charge in [-0.2, -0.15) is 0 Å². The van der Waals surface area contributed by atoms with Crippen LogP contribution in [0, 0.1) is 0 Å². The largest absolute Gasteiger partial charge is 0.456 e. The molecule has 0 N–H and O–H groups in total. The lowest BCUT2D eigenvalue weighted by molar-refractivity contribution is 0.669. The van der Waals surface area contributed by atoms with Gasteiger partial charge in [-0.15, -0.1) is 11.3 Å². The van der Waals surface area contributed by atoms with Crippen molar-refractivity contribution in [1.29, 1.82) is 0 Å². The van der Waals surface area contributed by atoms with E-state index in [-0.39, 0.29) is 0 Å². The van der Waals surface area contributed by atoms with Crippen molar-refractivity contribution in [2.24, 2.45) is 0 Å². The zero-order valence-electron chi connectivity index (χ0n) is 37.2. The normalized spacial score (nSPS) is 13.3. The second kappa shape index (κ2) is 13.7. The van der Waals surface area contributed by atoms with Crippen molar-refractivity contribution in [1.82, 2.24) is 4.57 Å². The van der Waals surface area contributed by atoms with Gasteiger partial charge in [-0.05, 0) is 116 Å². The van der Waals surface area contributed by atoms with Gasteiger partial charge in [0, 0.05) is 70.4 Å². The van der Waals surface area contributed by atoms with E-state index < -0.39 is 5.41 Å². The van der Waals surface area contributed by atoms with Crippen LogP contribution in [-0.4, -0.2) is 4.57 Å². The summed E-state index contributed by atoms with van der Waals surface area (Å²) in [5, 5.41) is 9.60. The van der Waals surface area contributed by atoms with E-state index in [1.165, 1.54) is 86.2 Å². The summed E-state index contributed by atoms with van der Waals surface area (Å²) >= 11 is 1.85. The van der Waals surface area contributed by atoms with E-state index in [1.807, 2.05) is 11.3 Å². The van der Waals surface area contributed by atoms with E-state index in [1.54, 1.807) is 0 Å². The molecule has 4 heteroatoms. The molecule has 320 valence electrons. The fourth-order valence-electron chi connectivity index (χ4n) is 12.5.